The molecule has 112 valence electrons. The zero-order valence-electron chi connectivity index (χ0n) is 11.7. The Balaban J connectivity index is 1.56. The fourth-order valence-corrected chi connectivity index (χ4v) is 3.00. The predicted octanol–water partition coefficient (Wildman–Crippen LogP) is 1.40. The summed E-state index contributed by atoms with van der Waals surface area (Å²) in [5, 5.41) is 8.79. The van der Waals surface area contributed by atoms with E-state index in [4.69, 9.17) is 9.15 Å². The van der Waals surface area contributed by atoms with E-state index in [0.29, 0.717) is 19.7 Å². The van der Waals surface area contributed by atoms with Gasteiger partial charge in [0, 0.05) is 11.9 Å². The molecule has 0 radical (unpaired) electrons. The number of hydrogen-bond acceptors (Lipinski definition) is 6. The van der Waals surface area contributed by atoms with Crippen molar-refractivity contribution in [3.05, 3.63) is 29.5 Å². The first-order chi connectivity index (χ1) is 10.2. The summed E-state index contributed by atoms with van der Waals surface area (Å²) in [6.07, 6.45) is 1.50. The molecule has 7 heteroatoms. The molecule has 2 aromatic rings. The van der Waals surface area contributed by atoms with Crippen molar-refractivity contribution in [2.75, 3.05) is 13.2 Å². The molecule has 2 atom stereocenters. The van der Waals surface area contributed by atoms with Gasteiger partial charge >= 0.3 is 0 Å². The Labute approximate surface area is 126 Å². The van der Waals surface area contributed by atoms with Gasteiger partial charge in [0.1, 0.15) is 6.04 Å². The van der Waals surface area contributed by atoms with Crippen LogP contribution in [-0.2, 0) is 16.1 Å². The molecule has 6 nitrogen and oxygen atoms in total. The van der Waals surface area contributed by atoms with Gasteiger partial charge in [-0.3, -0.25) is 4.79 Å². The van der Waals surface area contributed by atoms with E-state index in [-0.39, 0.29) is 18.1 Å². The zero-order valence-corrected chi connectivity index (χ0v) is 12.5. The van der Waals surface area contributed by atoms with Gasteiger partial charge in [0.15, 0.2) is 10.8 Å². The maximum atomic E-state index is 12.1. The number of ether oxygens (including phenoxy) is 1. The first-order valence-corrected chi connectivity index (χ1v) is 7.73. The summed E-state index contributed by atoms with van der Waals surface area (Å²) < 4.78 is 10.8. The highest BCUT2D eigenvalue weighted by Crippen LogP contribution is 2.23. The first-order valence-electron chi connectivity index (χ1n) is 6.85. The summed E-state index contributed by atoms with van der Waals surface area (Å²) >= 11 is 1.50. The molecule has 21 heavy (non-hydrogen) atoms. The third kappa shape index (κ3) is 3.31. The van der Waals surface area contributed by atoms with Crippen LogP contribution in [0.5, 0.6) is 0 Å². The SMILES string of the molecule is C[C@H]1OCCN[C@@H]1C(=O)NCc1csc(-c2ccco2)n1. The van der Waals surface area contributed by atoms with E-state index in [1.54, 1.807) is 6.26 Å². The Hall–Kier alpha value is -1.70. The number of carbonyl (C=O) groups is 1. The van der Waals surface area contributed by atoms with E-state index in [0.717, 1.165) is 16.5 Å². The molecule has 1 saturated heterocycles. The second-order valence-corrected chi connectivity index (χ2v) is 5.70. The number of amides is 1. The maximum Gasteiger partial charge on any atom is 0.240 e. The lowest BCUT2D eigenvalue weighted by molar-refractivity contribution is -0.129. The van der Waals surface area contributed by atoms with Crippen LogP contribution in [0.3, 0.4) is 0 Å². The minimum absolute atomic E-state index is 0.0604. The maximum absolute atomic E-state index is 12.1. The lowest BCUT2D eigenvalue weighted by Gasteiger charge is -2.29. The molecule has 2 N–H and O–H groups in total. The molecule has 1 amide bonds. The summed E-state index contributed by atoms with van der Waals surface area (Å²) in [7, 11) is 0. The van der Waals surface area contributed by atoms with Crippen LogP contribution >= 0.6 is 11.3 Å². The quantitative estimate of drug-likeness (QED) is 0.893. The third-order valence-electron chi connectivity index (χ3n) is 3.33. The monoisotopic (exact) mass is 307 g/mol. The molecular weight excluding hydrogens is 290 g/mol. The molecule has 0 bridgehead atoms. The van der Waals surface area contributed by atoms with Crippen molar-refractivity contribution >= 4 is 17.2 Å². The minimum Gasteiger partial charge on any atom is -0.462 e. The lowest BCUT2D eigenvalue weighted by Crippen LogP contribution is -2.55. The van der Waals surface area contributed by atoms with Gasteiger partial charge in [0.05, 0.1) is 31.2 Å². The third-order valence-corrected chi connectivity index (χ3v) is 4.23. The van der Waals surface area contributed by atoms with Crippen LogP contribution in [0.2, 0.25) is 0 Å². The summed E-state index contributed by atoms with van der Waals surface area (Å²) in [4.78, 5) is 16.6. The smallest absolute Gasteiger partial charge is 0.240 e. The number of carbonyl (C=O) groups excluding carboxylic acids is 1. The van der Waals surface area contributed by atoms with Crippen LogP contribution in [0.1, 0.15) is 12.6 Å². The predicted molar refractivity (Wildman–Crippen MR) is 78.9 cm³/mol. The Morgan fingerprint density at radius 2 is 2.52 bits per heavy atom. The average molecular weight is 307 g/mol. The Morgan fingerprint density at radius 1 is 1.62 bits per heavy atom. The van der Waals surface area contributed by atoms with Gasteiger partial charge in [0.2, 0.25) is 5.91 Å². The molecule has 1 aliphatic rings. The van der Waals surface area contributed by atoms with Crippen molar-refractivity contribution in [2.24, 2.45) is 0 Å². The van der Waals surface area contributed by atoms with Gasteiger partial charge in [-0.15, -0.1) is 11.3 Å². The van der Waals surface area contributed by atoms with E-state index < -0.39 is 0 Å². The molecule has 3 heterocycles. The van der Waals surface area contributed by atoms with Crippen molar-refractivity contribution in [2.45, 2.75) is 25.6 Å². The summed E-state index contributed by atoms with van der Waals surface area (Å²) in [5.74, 6) is 0.684. The lowest BCUT2D eigenvalue weighted by atomic mass is 10.1. The first kappa shape index (κ1) is 14.2. The topological polar surface area (TPSA) is 76.4 Å². The van der Waals surface area contributed by atoms with Crippen molar-refractivity contribution in [1.29, 1.82) is 0 Å². The van der Waals surface area contributed by atoms with Crippen LogP contribution in [0.4, 0.5) is 0 Å². The van der Waals surface area contributed by atoms with Crippen molar-refractivity contribution < 1.29 is 13.9 Å². The zero-order chi connectivity index (χ0) is 14.7. The van der Waals surface area contributed by atoms with Crippen LogP contribution in [0.25, 0.3) is 10.8 Å². The number of aromatic nitrogens is 1. The van der Waals surface area contributed by atoms with E-state index in [1.165, 1.54) is 11.3 Å². The van der Waals surface area contributed by atoms with Gasteiger partial charge in [0.25, 0.3) is 0 Å². The molecule has 0 unspecified atom stereocenters. The average Bonchev–Trinajstić information content (AvgIpc) is 3.16. The molecule has 3 rings (SSSR count). The number of rotatable bonds is 4. The van der Waals surface area contributed by atoms with Crippen LogP contribution in [0.15, 0.2) is 28.2 Å². The molecule has 1 aliphatic heterocycles. The normalized spacial score (nSPS) is 22.1. The molecular formula is C14H17N3O3S. The fraction of sp³-hybridized carbons (Fsp3) is 0.429. The van der Waals surface area contributed by atoms with E-state index in [1.807, 2.05) is 24.4 Å². The van der Waals surface area contributed by atoms with Crippen molar-refractivity contribution in [3.63, 3.8) is 0 Å². The molecule has 0 aliphatic carbocycles. The highest BCUT2D eigenvalue weighted by Gasteiger charge is 2.28. The van der Waals surface area contributed by atoms with Gasteiger partial charge < -0.3 is 19.8 Å². The van der Waals surface area contributed by atoms with Gasteiger partial charge in [-0.2, -0.15) is 0 Å². The van der Waals surface area contributed by atoms with E-state index in [9.17, 15) is 4.79 Å². The van der Waals surface area contributed by atoms with Gasteiger partial charge in [-0.25, -0.2) is 4.98 Å². The number of hydrogen-bond donors (Lipinski definition) is 2. The Bertz CT molecular complexity index is 596. The number of nitrogens with one attached hydrogen (secondary N) is 2. The van der Waals surface area contributed by atoms with Crippen molar-refractivity contribution in [1.82, 2.24) is 15.6 Å². The Morgan fingerprint density at radius 3 is 3.29 bits per heavy atom. The van der Waals surface area contributed by atoms with Gasteiger partial charge in [-0.05, 0) is 19.1 Å². The molecule has 1 fully saturated rings. The van der Waals surface area contributed by atoms with Crippen LogP contribution in [-0.4, -0.2) is 36.2 Å². The second kappa shape index (κ2) is 6.38. The molecule has 0 aromatic carbocycles. The molecule has 0 saturated carbocycles. The van der Waals surface area contributed by atoms with Crippen LogP contribution < -0.4 is 10.6 Å². The van der Waals surface area contributed by atoms with E-state index in [2.05, 4.69) is 15.6 Å². The fourth-order valence-electron chi connectivity index (χ4n) is 2.22. The highest BCUT2D eigenvalue weighted by atomic mass is 32.1. The highest BCUT2D eigenvalue weighted by molar-refractivity contribution is 7.13. The summed E-state index contributed by atoms with van der Waals surface area (Å²) in [6, 6.07) is 3.39. The van der Waals surface area contributed by atoms with Gasteiger partial charge in [-0.1, -0.05) is 0 Å². The number of nitrogens with zero attached hydrogens (tertiary/aromatic N) is 1. The molecule has 0 spiro atoms. The Kier molecular flexibility index (Phi) is 4.33. The van der Waals surface area contributed by atoms with E-state index >= 15 is 0 Å². The minimum atomic E-state index is -0.304. The number of furan rings is 1. The van der Waals surface area contributed by atoms with Crippen LogP contribution in [0, 0.1) is 0 Å². The number of thiazole rings is 1. The summed E-state index contributed by atoms with van der Waals surface area (Å²) in [6.45, 7) is 3.64. The number of morpholine rings is 1. The molecule has 2 aromatic heterocycles. The second-order valence-electron chi connectivity index (χ2n) is 4.85. The van der Waals surface area contributed by atoms with Crippen molar-refractivity contribution in [3.8, 4) is 10.8 Å². The summed E-state index contributed by atoms with van der Waals surface area (Å²) in [5.41, 5.74) is 0.823. The largest absolute Gasteiger partial charge is 0.462 e. The standard InChI is InChI=1S/C14H17N3O3S/c1-9-12(15-4-6-19-9)13(18)16-7-10-8-21-14(17-10)11-3-2-5-20-11/h2-3,5,8-9,12,15H,4,6-7H2,1H3,(H,16,18)/t9-,12+/m1/s1.